The van der Waals surface area contributed by atoms with Crippen molar-refractivity contribution in [1.82, 2.24) is 19.6 Å². The molecule has 4 amide bonds. The lowest BCUT2D eigenvalue weighted by Gasteiger charge is -2.30. The summed E-state index contributed by atoms with van der Waals surface area (Å²) in [5.74, 6) is -1.14. The van der Waals surface area contributed by atoms with Gasteiger partial charge < -0.3 is 9.80 Å². The average molecular weight is 606 g/mol. The summed E-state index contributed by atoms with van der Waals surface area (Å²) in [6.07, 6.45) is 0. The van der Waals surface area contributed by atoms with E-state index in [2.05, 4.69) is 0 Å². The summed E-state index contributed by atoms with van der Waals surface area (Å²) in [7, 11) is 7.64. The Morgan fingerprint density at radius 2 is 0.714 bits per heavy atom. The van der Waals surface area contributed by atoms with Gasteiger partial charge in [-0.3, -0.25) is 29.0 Å². The SMILES string of the molecule is CN(C)CCN1C(=O)c2ccc3c4ccc5c6c(ccc(c7ccc(c2c37)C1=O)c64)C(=O)N(CCN(C)C)C5=O.Cl.Cl. The summed E-state index contributed by atoms with van der Waals surface area (Å²) >= 11 is 0. The molecule has 0 N–H and O–H groups in total. The highest BCUT2D eigenvalue weighted by Crippen LogP contribution is 2.46. The van der Waals surface area contributed by atoms with Crippen molar-refractivity contribution >= 4 is 91.5 Å². The normalized spacial score (nSPS) is 14.7. The fourth-order valence-corrected chi connectivity index (χ4v) is 6.37. The van der Waals surface area contributed by atoms with Crippen LogP contribution in [0, 0.1) is 0 Å². The van der Waals surface area contributed by atoms with Crippen LogP contribution in [0.3, 0.4) is 0 Å². The molecule has 0 spiro atoms. The molecular weight excluding hydrogens is 575 g/mol. The van der Waals surface area contributed by atoms with Crippen molar-refractivity contribution in [3.8, 4) is 0 Å². The molecule has 0 aliphatic carbocycles. The molecule has 5 aromatic rings. The van der Waals surface area contributed by atoms with Crippen molar-refractivity contribution in [2.24, 2.45) is 0 Å². The Morgan fingerprint density at radius 3 is 0.952 bits per heavy atom. The Labute approximate surface area is 254 Å². The lowest BCUT2D eigenvalue weighted by molar-refractivity contribution is 0.0585. The van der Waals surface area contributed by atoms with Gasteiger partial charge in [0.25, 0.3) is 23.6 Å². The van der Waals surface area contributed by atoms with Crippen LogP contribution in [0.2, 0.25) is 0 Å². The van der Waals surface area contributed by atoms with E-state index in [0.717, 1.165) is 32.3 Å². The number of likely N-dealkylation sites (N-methyl/N-ethyl adjacent to an activating group) is 2. The van der Waals surface area contributed by atoms with Gasteiger partial charge in [0.1, 0.15) is 0 Å². The number of carbonyl (C=O) groups excluding carboxylic acids is 4. The summed E-state index contributed by atoms with van der Waals surface area (Å²) in [6.45, 7) is 1.79. The number of halogens is 2. The third-order valence-electron chi connectivity index (χ3n) is 8.35. The first-order valence-corrected chi connectivity index (χ1v) is 13.4. The maximum absolute atomic E-state index is 13.5. The molecule has 0 atom stereocenters. The Bertz CT molecular complexity index is 1710. The van der Waals surface area contributed by atoms with Gasteiger partial charge in [-0.25, -0.2) is 0 Å². The molecule has 216 valence electrons. The van der Waals surface area contributed by atoms with E-state index in [4.69, 9.17) is 0 Å². The number of amides is 4. The molecule has 0 fully saturated rings. The van der Waals surface area contributed by atoms with Crippen molar-refractivity contribution in [3.63, 3.8) is 0 Å². The number of imide groups is 2. The lowest BCUT2D eigenvalue weighted by Crippen LogP contribution is -2.43. The van der Waals surface area contributed by atoms with E-state index in [0.29, 0.717) is 59.2 Å². The van der Waals surface area contributed by atoms with Crippen LogP contribution in [0.25, 0.3) is 43.1 Å². The van der Waals surface area contributed by atoms with E-state index in [1.54, 1.807) is 0 Å². The number of hydrogen-bond donors (Lipinski definition) is 0. The summed E-state index contributed by atoms with van der Waals surface area (Å²) in [4.78, 5) is 60.7. The first-order valence-electron chi connectivity index (χ1n) is 13.4. The molecule has 0 saturated heterocycles. The Hall–Kier alpha value is -3.82. The van der Waals surface area contributed by atoms with Crippen molar-refractivity contribution in [1.29, 1.82) is 0 Å². The number of rotatable bonds is 6. The second-order valence-corrected chi connectivity index (χ2v) is 11.3. The van der Waals surface area contributed by atoms with Gasteiger partial charge in [0.2, 0.25) is 0 Å². The van der Waals surface area contributed by atoms with E-state index in [-0.39, 0.29) is 48.4 Å². The highest BCUT2D eigenvalue weighted by molar-refractivity contribution is 6.41. The molecule has 7 rings (SSSR count). The lowest BCUT2D eigenvalue weighted by atomic mass is 9.82. The van der Waals surface area contributed by atoms with E-state index in [1.165, 1.54) is 9.80 Å². The molecular formula is C32H30Cl2N4O4. The van der Waals surface area contributed by atoms with Crippen molar-refractivity contribution in [3.05, 3.63) is 70.8 Å². The summed E-state index contributed by atoms with van der Waals surface area (Å²) < 4.78 is 0. The number of carbonyl (C=O) groups is 4. The van der Waals surface area contributed by atoms with Gasteiger partial charge in [0.15, 0.2) is 0 Å². The summed E-state index contributed by atoms with van der Waals surface area (Å²) in [6, 6.07) is 15.0. The van der Waals surface area contributed by atoms with Gasteiger partial charge in [-0.15, -0.1) is 24.8 Å². The van der Waals surface area contributed by atoms with Crippen LogP contribution in [0.1, 0.15) is 41.4 Å². The highest BCUT2D eigenvalue weighted by atomic mass is 35.5. The quantitative estimate of drug-likeness (QED) is 0.156. The predicted octanol–water partition coefficient (Wildman–Crippen LogP) is 4.90. The Balaban J connectivity index is 0.00000176. The number of fused-ring (bicyclic) bond motifs is 2. The van der Waals surface area contributed by atoms with Crippen molar-refractivity contribution in [2.75, 3.05) is 54.4 Å². The first kappa shape index (κ1) is 29.7. The molecule has 2 heterocycles. The minimum absolute atomic E-state index is 0. The van der Waals surface area contributed by atoms with Crippen LogP contribution in [-0.2, 0) is 0 Å². The van der Waals surface area contributed by atoms with E-state index >= 15 is 0 Å². The van der Waals surface area contributed by atoms with Crippen LogP contribution < -0.4 is 0 Å². The minimum Gasteiger partial charge on any atom is -0.308 e. The van der Waals surface area contributed by atoms with E-state index in [1.807, 2.05) is 86.5 Å². The van der Waals surface area contributed by atoms with Gasteiger partial charge in [0, 0.05) is 59.2 Å². The Morgan fingerprint density at radius 1 is 0.452 bits per heavy atom. The molecule has 8 nitrogen and oxygen atoms in total. The van der Waals surface area contributed by atoms with E-state index < -0.39 is 0 Å². The third-order valence-corrected chi connectivity index (χ3v) is 8.35. The summed E-state index contributed by atoms with van der Waals surface area (Å²) in [5, 5.41) is 6.64. The Kier molecular flexibility index (Phi) is 7.39. The largest absolute Gasteiger partial charge is 0.308 e. The van der Waals surface area contributed by atoms with Gasteiger partial charge >= 0.3 is 0 Å². The molecule has 2 aliphatic rings. The minimum atomic E-state index is -0.284. The fourth-order valence-electron chi connectivity index (χ4n) is 6.37. The molecule has 0 radical (unpaired) electrons. The predicted molar refractivity (Wildman–Crippen MR) is 170 cm³/mol. The number of nitrogens with zero attached hydrogens (tertiary/aromatic N) is 4. The van der Waals surface area contributed by atoms with Crippen LogP contribution in [0.4, 0.5) is 0 Å². The van der Waals surface area contributed by atoms with Gasteiger partial charge in [-0.05, 0) is 84.8 Å². The molecule has 5 aromatic carbocycles. The fraction of sp³-hybridized carbons (Fsp3) is 0.250. The molecule has 10 heteroatoms. The summed E-state index contributed by atoms with van der Waals surface area (Å²) in [5.41, 5.74) is 2.07. The molecule has 0 aromatic heterocycles. The van der Waals surface area contributed by atoms with Crippen LogP contribution in [-0.4, -0.2) is 97.6 Å². The van der Waals surface area contributed by atoms with Gasteiger partial charge in [0.05, 0.1) is 0 Å². The zero-order valence-electron chi connectivity index (χ0n) is 23.7. The molecule has 0 bridgehead atoms. The first-order chi connectivity index (χ1) is 19.2. The topological polar surface area (TPSA) is 81.2 Å². The van der Waals surface area contributed by atoms with E-state index in [9.17, 15) is 19.2 Å². The van der Waals surface area contributed by atoms with Crippen molar-refractivity contribution < 1.29 is 19.2 Å². The molecule has 42 heavy (non-hydrogen) atoms. The maximum atomic E-state index is 13.5. The number of benzene rings is 5. The molecule has 2 aliphatic heterocycles. The second kappa shape index (κ2) is 10.5. The van der Waals surface area contributed by atoms with Crippen LogP contribution in [0.5, 0.6) is 0 Å². The van der Waals surface area contributed by atoms with Crippen LogP contribution in [0.15, 0.2) is 48.5 Å². The standard InChI is InChI=1S/C32H28N4O4.2ClH/c1-33(2)13-15-35-29(37)21-9-5-17-19-7-11-23-28-24(32(40)36(31(23)39)16-14-34(3)4)12-8-20(26(19)28)18-6-10-22(30(35)38)27(21)25(17)18;;/h5-12H,13-16H2,1-4H3;2*1H. The third kappa shape index (κ3) is 3.97. The number of hydrogen-bond acceptors (Lipinski definition) is 6. The average Bonchev–Trinajstić information content (AvgIpc) is 2.93. The van der Waals surface area contributed by atoms with Crippen molar-refractivity contribution in [2.45, 2.75) is 0 Å². The zero-order valence-corrected chi connectivity index (χ0v) is 25.3. The van der Waals surface area contributed by atoms with Gasteiger partial charge in [-0.2, -0.15) is 0 Å². The zero-order chi connectivity index (χ0) is 28.0. The molecule has 0 unspecified atom stereocenters. The maximum Gasteiger partial charge on any atom is 0.261 e. The van der Waals surface area contributed by atoms with Crippen LogP contribution >= 0.6 is 24.8 Å². The monoisotopic (exact) mass is 604 g/mol. The second-order valence-electron chi connectivity index (χ2n) is 11.3. The van der Waals surface area contributed by atoms with Gasteiger partial charge in [-0.1, -0.05) is 24.3 Å². The smallest absolute Gasteiger partial charge is 0.261 e. The highest BCUT2D eigenvalue weighted by Gasteiger charge is 2.36. The molecule has 0 saturated carbocycles.